The maximum atomic E-state index is 12.1. The zero-order valence-electron chi connectivity index (χ0n) is 9.62. The van der Waals surface area contributed by atoms with Gasteiger partial charge in [-0.3, -0.25) is 4.79 Å². The Morgan fingerprint density at radius 3 is 2.71 bits per heavy atom. The van der Waals surface area contributed by atoms with Crippen LogP contribution in [-0.4, -0.2) is 35.6 Å². The van der Waals surface area contributed by atoms with Crippen LogP contribution < -0.4 is 0 Å². The molecule has 1 amide bonds. The molecule has 0 saturated carbocycles. The zero-order valence-corrected chi connectivity index (χ0v) is 12.5. The maximum Gasteiger partial charge on any atom is 0.253 e. The number of carbonyl (C=O) groups excluding carboxylic acids is 1. The van der Waals surface area contributed by atoms with Gasteiger partial charge >= 0.3 is 0 Å². The minimum atomic E-state index is -0.0841. The Kier molecular flexibility index (Phi) is 6.22. The zero-order chi connectivity index (χ0) is 12.8. The summed E-state index contributed by atoms with van der Waals surface area (Å²) in [6.07, 6.45) is 0.865. The first-order valence-corrected chi connectivity index (χ1v) is 6.91. The average molecular weight is 368 g/mol. The van der Waals surface area contributed by atoms with Gasteiger partial charge in [0.1, 0.15) is 0 Å². The van der Waals surface area contributed by atoms with E-state index in [2.05, 4.69) is 22.6 Å². The largest absolute Gasteiger partial charge is 0.395 e. The van der Waals surface area contributed by atoms with E-state index in [1.165, 1.54) is 0 Å². The van der Waals surface area contributed by atoms with Crippen molar-refractivity contribution >= 4 is 40.1 Å². The van der Waals surface area contributed by atoms with Crippen molar-refractivity contribution in [3.05, 3.63) is 32.4 Å². The van der Waals surface area contributed by atoms with Gasteiger partial charge in [0.25, 0.3) is 5.91 Å². The molecule has 0 spiro atoms. The highest BCUT2D eigenvalue weighted by Gasteiger charge is 2.15. The normalized spacial score (nSPS) is 10.4. The highest BCUT2D eigenvalue weighted by atomic mass is 127. The molecule has 5 heteroatoms. The molecular weight excluding hydrogens is 352 g/mol. The lowest BCUT2D eigenvalue weighted by atomic mass is 10.2. The second-order valence-electron chi connectivity index (χ2n) is 3.64. The monoisotopic (exact) mass is 367 g/mol. The van der Waals surface area contributed by atoms with E-state index in [1.54, 1.807) is 17.0 Å². The molecule has 1 aromatic carbocycles. The topological polar surface area (TPSA) is 40.5 Å². The number of aliphatic hydroxyl groups is 1. The van der Waals surface area contributed by atoms with Crippen LogP contribution in [-0.2, 0) is 0 Å². The van der Waals surface area contributed by atoms with Crippen molar-refractivity contribution in [2.75, 3.05) is 19.7 Å². The molecule has 3 nitrogen and oxygen atoms in total. The van der Waals surface area contributed by atoms with Crippen LogP contribution in [0.2, 0.25) is 5.02 Å². The number of halogens is 2. The number of aliphatic hydroxyl groups excluding tert-OH is 1. The van der Waals surface area contributed by atoms with Gasteiger partial charge in [-0.2, -0.15) is 0 Å². The first-order chi connectivity index (χ1) is 8.10. The second-order valence-corrected chi connectivity index (χ2v) is 5.21. The third kappa shape index (κ3) is 4.12. The van der Waals surface area contributed by atoms with Gasteiger partial charge in [-0.1, -0.05) is 18.5 Å². The van der Waals surface area contributed by atoms with E-state index in [9.17, 15) is 4.79 Å². The van der Waals surface area contributed by atoms with Crippen LogP contribution in [0.25, 0.3) is 0 Å². The van der Waals surface area contributed by atoms with E-state index >= 15 is 0 Å². The molecule has 0 saturated heterocycles. The Bertz CT molecular complexity index is 392. The molecule has 0 atom stereocenters. The molecular formula is C12H15ClINO2. The third-order valence-electron chi connectivity index (χ3n) is 2.32. The number of benzene rings is 1. The van der Waals surface area contributed by atoms with Crippen LogP contribution in [0.5, 0.6) is 0 Å². The molecule has 0 aliphatic rings. The Morgan fingerprint density at radius 2 is 2.18 bits per heavy atom. The number of hydrogen-bond donors (Lipinski definition) is 1. The molecule has 94 valence electrons. The van der Waals surface area contributed by atoms with Crippen LogP contribution in [0.1, 0.15) is 23.7 Å². The van der Waals surface area contributed by atoms with E-state index in [-0.39, 0.29) is 12.5 Å². The Balaban J connectivity index is 2.88. The Labute approximate surface area is 120 Å². The molecule has 0 bridgehead atoms. The summed E-state index contributed by atoms with van der Waals surface area (Å²) in [5, 5.41) is 9.52. The van der Waals surface area contributed by atoms with E-state index in [0.29, 0.717) is 23.7 Å². The number of amides is 1. The average Bonchev–Trinajstić information content (AvgIpc) is 2.31. The first kappa shape index (κ1) is 14.7. The number of rotatable bonds is 5. The molecule has 0 heterocycles. The molecule has 1 N–H and O–H groups in total. The number of carbonyl (C=O) groups is 1. The molecule has 0 aliphatic heterocycles. The summed E-state index contributed by atoms with van der Waals surface area (Å²) in [4.78, 5) is 13.8. The second kappa shape index (κ2) is 7.18. The van der Waals surface area contributed by atoms with Gasteiger partial charge in [0.2, 0.25) is 0 Å². The van der Waals surface area contributed by atoms with Crippen LogP contribution >= 0.6 is 34.2 Å². The fourth-order valence-corrected chi connectivity index (χ4v) is 2.03. The van der Waals surface area contributed by atoms with Gasteiger partial charge in [-0.05, 0) is 47.2 Å². The summed E-state index contributed by atoms with van der Waals surface area (Å²) in [6.45, 7) is 2.97. The van der Waals surface area contributed by atoms with Crippen LogP contribution in [0.15, 0.2) is 18.2 Å². The molecule has 0 fully saturated rings. The minimum absolute atomic E-state index is 0.0240. The lowest BCUT2D eigenvalue weighted by Gasteiger charge is -2.21. The number of nitrogens with zero attached hydrogens (tertiary/aromatic N) is 1. The summed E-state index contributed by atoms with van der Waals surface area (Å²) in [5.74, 6) is -0.0841. The van der Waals surface area contributed by atoms with Crippen molar-refractivity contribution in [1.82, 2.24) is 4.90 Å². The van der Waals surface area contributed by atoms with E-state index in [0.717, 1.165) is 9.99 Å². The Hall–Kier alpha value is -0.330. The van der Waals surface area contributed by atoms with Gasteiger partial charge in [-0.25, -0.2) is 0 Å². The highest BCUT2D eigenvalue weighted by molar-refractivity contribution is 14.1. The highest BCUT2D eigenvalue weighted by Crippen LogP contribution is 2.20. The predicted molar refractivity (Wildman–Crippen MR) is 77.4 cm³/mol. The third-order valence-corrected chi connectivity index (χ3v) is 3.89. The molecule has 17 heavy (non-hydrogen) atoms. The van der Waals surface area contributed by atoms with Gasteiger partial charge in [-0.15, -0.1) is 0 Å². The van der Waals surface area contributed by atoms with Crippen molar-refractivity contribution in [2.24, 2.45) is 0 Å². The van der Waals surface area contributed by atoms with E-state index < -0.39 is 0 Å². The molecule has 1 rings (SSSR count). The molecule has 0 unspecified atom stereocenters. The van der Waals surface area contributed by atoms with Gasteiger partial charge < -0.3 is 10.0 Å². The molecule has 0 aliphatic carbocycles. The standard InChI is InChI=1S/C12H15ClINO2/c1-2-5-15(6-7-16)12(17)9-3-4-11(14)10(13)8-9/h3-4,8,16H,2,5-7H2,1H3. The van der Waals surface area contributed by atoms with Crippen molar-refractivity contribution in [1.29, 1.82) is 0 Å². The van der Waals surface area contributed by atoms with E-state index in [4.69, 9.17) is 16.7 Å². The predicted octanol–water partition coefficient (Wildman–Crippen LogP) is 2.79. The number of hydrogen-bond acceptors (Lipinski definition) is 2. The summed E-state index contributed by atoms with van der Waals surface area (Å²) in [7, 11) is 0. The van der Waals surface area contributed by atoms with Crippen molar-refractivity contribution < 1.29 is 9.90 Å². The molecule has 1 aromatic rings. The molecule has 0 aromatic heterocycles. The fourth-order valence-electron chi connectivity index (χ4n) is 1.52. The van der Waals surface area contributed by atoms with E-state index in [1.807, 2.05) is 13.0 Å². The SMILES string of the molecule is CCCN(CCO)C(=O)c1ccc(I)c(Cl)c1. The van der Waals surface area contributed by atoms with Gasteiger partial charge in [0.15, 0.2) is 0 Å². The van der Waals surface area contributed by atoms with Crippen LogP contribution in [0.4, 0.5) is 0 Å². The summed E-state index contributed by atoms with van der Waals surface area (Å²) in [6, 6.07) is 5.25. The van der Waals surface area contributed by atoms with Gasteiger partial charge in [0, 0.05) is 22.2 Å². The maximum absolute atomic E-state index is 12.1. The molecule has 0 radical (unpaired) electrons. The smallest absolute Gasteiger partial charge is 0.253 e. The lowest BCUT2D eigenvalue weighted by molar-refractivity contribution is 0.0722. The summed E-state index contributed by atoms with van der Waals surface area (Å²) in [5.41, 5.74) is 0.567. The van der Waals surface area contributed by atoms with Gasteiger partial charge in [0.05, 0.1) is 11.6 Å². The fraction of sp³-hybridized carbons (Fsp3) is 0.417. The van der Waals surface area contributed by atoms with Crippen LogP contribution in [0, 0.1) is 3.57 Å². The lowest BCUT2D eigenvalue weighted by Crippen LogP contribution is -2.34. The summed E-state index contributed by atoms with van der Waals surface area (Å²) >= 11 is 8.11. The van der Waals surface area contributed by atoms with Crippen LogP contribution in [0.3, 0.4) is 0 Å². The van der Waals surface area contributed by atoms with Crippen molar-refractivity contribution in [2.45, 2.75) is 13.3 Å². The first-order valence-electron chi connectivity index (χ1n) is 5.45. The Morgan fingerprint density at radius 1 is 1.47 bits per heavy atom. The van der Waals surface area contributed by atoms with Crippen molar-refractivity contribution in [3.8, 4) is 0 Å². The quantitative estimate of drug-likeness (QED) is 0.813. The summed E-state index contributed by atoms with van der Waals surface area (Å²) < 4.78 is 0.921. The minimum Gasteiger partial charge on any atom is -0.395 e. The van der Waals surface area contributed by atoms with Crippen molar-refractivity contribution in [3.63, 3.8) is 0 Å².